The zero-order valence-corrected chi connectivity index (χ0v) is 10.1. The Balaban J connectivity index is 2.04. The minimum absolute atomic E-state index is 0.228. The molecule has 1 heterocycles. The monoisotopic (exact) mass is 233 g/mol. The summed E-state index contributed by atoms with van der Waals surface area (Å²) in [7, 11) is 1.92. The highest BCUT2D eigenvalue weighted by Gasteiger charge is 2.03. The van der Waals surface area contributed by atoms with Gasteiger partial charge in [-0.1, -0.05) is 13.0 Å². The van der Waals surface area contributed by atoms with Crippen LogP contribution in [-0.2, 0) is 20.0 Å². The van der Waals surface area contributed by atoms with Crippen LogP contribution in [0.4, 0.5) is 10.1 Å². The van der Waals surface area contributed by atoms with Crippen LogP contribution >= 0.6 is 0 Å². The lowest BCUT2D eigenvalue weighted by Gasteiger charge is -2.06. The molecule has 1 N–H and O–H groups in total. The van der Waals surface area contributed by atoms with Gasteiger partial charge in [-0.2, -0.15) is 5.10 Å². The Bertz CT molecular complexity index is 505. The molecule has 3 nitrogen and oxygen atoms in total. The Morgan fingerprint density at radius 3 is 2.82 bits per heavy atom. The molecule has 0 radical (unpaired) electrons. The molecule has 1 aromatic heterocycles. The van der Waals surface area contributed by atoms with E-state index in [2.05, 4.69) is 23.4 Å². The maximum atomic E-state index is 13.0. The molecular formula is C13H16FN3. The molecule has 0 aliphatic rings. The molecule has 0 saturated heterocycles. The summed E-state index contributed by atoms with van der Waals surface area (Å²) in [5.74, 6) is -0.228. The third-order valence-electron chi connectivity index (χ3n) is 2.69. The molecule has 0 aliphatic carbocycles. The van der Waals surface area contributed by atoms with Gasteiger partial charge in [0.15, 0.2) is 0 Å². The van der Waals surface area contributed by atoms with Crippen LogP contribution in [0.5, 0.6) is 0 Å². The number of nitrogens with zero attached hydrogens (tertiary/aromatic N) is 2. The molecule has 0 aliphatic heterocycles. The normalized spacial score (nSPS) is 10.5. The number of benzene rings is 1. The van der Waals surface area contributed by atoms with Crippen LogP contribution < -0.4 is 5.32 Å². The van der Waals surface area contributed by atoms with E-state index in [1.165, 1.54) is 12.1 Å². The SMILES string of the molecule is CCc1cc(CNc2cccc(F)c2)n(C)n1. The molecule has 0 atom stereocenters. The van der Waals surface area contributed by atoms with Crippen molar-refractivity contribution in [2.24, 2.45) is 7.05 Å². The van der Waals surface area contributed by atoms with Gasteiger partial charge in [-0.3, -0.25) is 4.68 Å². The van der Waals surface area contributed by atoms with Crippen molar-refractivity contribution in [1.29, 1.82) is 0 Å². The van der Waals surface area contributed by atoms with E-state index in [1.54, 1.807) is 6.07 Å². The van der Waals surface area contributed by atoms with Crippen molar-refractivity contribution in [2.75, 3.05) is 5.32 Å². The quantitative estimate of drug-likeness (QED) is 0.880. The van der Waals surface area contributed by atoms with Crippen molar-refractivity contribution >= 4 is 5.69 Å². The zero-order valence-electron chi connectivity index (χ0n) is 10.1. The number of aromatic nitrogens is 2. The molecule has 17 heavy (non-hydrogen) atoms. The summed E-state index contributed by atoms with van der Waals surface area (Å²) in [6, 6.07) is 8.52. The second-order valence-electron chi connectivity index (χ2n) is 3.97. The second-order valence-corrected chi connectivity index (χ2v) is 3.97. The highest BCUT2D eigenvalue weighted by atomic mass is 19.1. The van der Waals surface area contributed by atoms with Crippen LogP contribution in [0.2, 0.25) is 0 Å². The molecule has 90 valence electrons. The van der Waals surface area contributed by atoms with E-state index in [9.17, 15) is 4.39 Å². The van der Waals surface area contributed by atoms with Gasteiger partial charge in [0.25, 0.3) is 0 Å². The lowest BCUT2D eigenvalue weighted by atomic mass is 10.3. The molecule has 4 heteroatoms. The van der Waals surface area contributed by atoms with E-state index in [4.69, 9.17) is 0 Å². The number of hydrogen-bond donors (Lipinski definition) is 1. The summed E-state index contributed by atoms with van der Waals surface area (Å²) in [6.07, 6.45) is 0.924. The zero-order chi connectivity index (χ0) is 12.3. The van der Waals surface area contributed by atoms with E-state index >= 15 is 0 Å². The van der Waals surface area contributed by atoms with Gasteiger partial charge in [0.05, 0.1) is 17.9 Å². The molecule has 0 amide bonds. The highest BCUT2D eigenvalue weighted by Crippen LogP contribution is 2.11. The topological polar surface area (TPSA) is 29.9 Å². The van der Waals surface area contributed by atoms with Crippen molar-refractivity contribution in [1.82, 2.24) is 9.78 Å². The smallest absolute Gasteiger partial charge is 0.125 e. The average molecular weight is 233 g/mol. The van der Waals surface area contributed by atoms with Gasteiger partial charge in [0.2, 0.25) is 0 Å². The minimum atomic E-state index is -0.228. The summed E-state index contributed by atoms with van der Waals surface area (Å²) in [5.41, 5.74) is 2.94. The van der Waals surface area contributed by atoms with Crippen molar-refractivity contribution in [3.05, 3.63) is 47.5 Å². The van der Waals surface area contributed by atoms with E-state index < -0.39 is 0 Å². The fourth-order valence-electron chi connectivity index (χ4n) is 1.70. The van der Waals surface area contributed by atoms with Crippen molar-refractivity contribution in [3.8, 4) is 0 Å². The molecule has 0 saturated carbocycles. The number of nitrogens with one attached hydrogen (secondary N) is 1. The lowest BCUT2D eigenvalue weighted by Crippen LogP contribution is -2.05. The molecule has 0 fully saturated rings. The van der Waals surface area contributed by atoms with Crippen LogP contribution in [0.25, 0.3) is 0 Å². The summed E-state index contributed by atoms with van der Waals surface area (Å²) in [4.78, 5) is 0. The van der Waals surface area contributed by atoms with Crippen LogP contribution in [-0.4, -0.2) is 9.78 Å². The first kappa shape index (κ1) is 11.6. The first-order chi connectivity index (χ1) is 8.19. The summed E-state index contributed by atoms with van der Waals surface area (Å²) < 4.78 is 14.8. The Labute approximate surface area is 100 Å². The molecule has 0 bridgehead atoms. The van der Waals surface area contributed by atoms with Crippen molar-refractivity contribution in [3.63, 3.8) is 0 Å². The van der Waals surface area contributed by atoms with Crippen LogP contribution in [0.15, 0.2) is 30.3 Å². The van der Waals surface area contributed by atoms with Gasteiger partial charge in [0.1, 0.15) is 5.82 Å². The Hall–Kier alpha value is -1.84. The van der Waals surface area contributed by atoms with E-state index in [0.717, 1.165) is 23.5 Å². The predicted octanol–water partition coefficient (Wildman–Crippen LogP) is 2.73. The minimum Gasteiger partial charge on any atom is -0.379 e. The van der Waals surface area contributed by atoms with Crippen LogP contribution in [0.3, 0.4) is 0 Å². The van der Waals surface area contributed by atoms with Gasteiger partial charge in [-0.15, -0.1) is 0 Å². The first-order valence-corrected chi connectivity index (χ1v) is 5.70. The maximum Gasteiger partial charge on any atom is 0.125 e. The third-order valence-corrected chi connectivity index (χ3v) is 2.69. The van der Waals surface area contributed by atoms with Crippen molar-refractivity contribution < 1.29 is 4.39 Å². The number of hydrogen-bond acceptors (Lipinski definition) is 2. The molecule has 1 aromatic carbocycles. The Kier molecular flexibility index (Phi) is 3.42. The second kappa shape index (κ2) is 4.99. The van der Waals surface area contributed by atoms with Gasteiger partial charge in [-0.05, 0) is 30.7 Å². The van der Waals surface area contributed by atoms with Gasteiger partial charge in [-0.25, -0.2) is 4.39 Å². The summed E-state index contributed by atoms with van der Waals surface area (Å²) >= 11 is 0. The average Bonchev–Trinajstić information content (AvgIpc) is 2.68. The number of rotatable bonds is 4. The molecular weight excluding hydrogens is 217 g/mol. The van der Waals surface area contributed by atoms with Crippen LogP contribution in [0, 0.1) is 5.82 Å². The van der Waals surface area contributed by atoms with E-state index in [1.807, 2.05) is 17.8 Å². The lowest BCUT2D eigenvalue weighted by molar-refractivity contribution is 0.628. The Morgan fingerprint density at radius 2 is 2.18 bits per heavy atom. The fraction of sp³-hybridized carbons (Fsp3) is 0.308. The first-order valence-electron chi connectivity index (χ1n) is 5.70. The van der Waals surface area contributed by atoms with E-state index in [-0.39, 0.29) is 5.82 Å². The Morgan fingerprint density at radius 1 is 1.35 bits per heavy atom. The molecule has 0 spiro atoms. The summed E-state index contributed by atoms with van der Waals surface area (Å²) in [5, 5.41) is 7.54. The number of anilines is 1. The number of halogens is 1. The molecule has 2 aromatic rings. The van der Waals surface area contributed by atoms with Gasteiger partial charge in [0, 0.05) is 12.7 Å². The van der Waals surface area contributed by atoms with Gasteiger partial charge >= 0.3 is 0 Å². The predicted molar refractivity (Wildman–Crippen MR) is 66.3 cm³/mol. The van der Waals surface area contributed by atoms with Gasteiger partial charge < -0.3 is 5.32 Å². The summed E-state index contributed by atoms with van der Waals surface area (Å²) in [6.45, 7) is 2.72. The third kappa shape index (κ3) is 2.84. The maximum absolute atomic E-state index is 13.0. The standard InChI is InChI=1S/C13H16FN3/c1-3-11-8-13(17(2)16-11)9-15-12-6-4-5-10(14)7-12/h4-8,15H,3,9H2,1-2H3. The molecule has 2 rings (SSSR count). The molecule has 0 unspecified atom stereocenters. The van der Waals surface area contributed by atoms with Crippen molar-refractivity contribution in [2.45, 2.75) is 19.9 Å². The van der Waals surface area contributed by atoms with Crippen LogP contribution in [0.1, 0.15) is 18.3 Å². The highest BCUT2D eigenvalue weighted by molar-refractivity contribution is 5.43. The van der Waals surface area contributed by atoms with E-state index in [0.29, 0.717) is 6.54 Å². The number of aryl methyl sites for hydroxylation is 2. The fourth-order valence-corrected chi connectivity index (χ4v) is 1.70. The largest absolute Gasteiger partial charge is 0.379 e.